The average Bonchev–Trinajstić information content (AvgIpc) is 3.43. The van der Waals surface area contributed by atoms with Crippen molar-refractivity contribution in [1.82, 2.24) is 4.98 Å². The number of halogens is 1. The molecule has 6 nitrogen and oxygen atoms in total. The van der Waals surface area contributed by atoms with Crippen molar-refractivity contribution in [2.45, 2.75) is 36.7 Å². The second-order valence-electron chi connectivity index (χ2n) is 7.46. The van der Waals surface area contributed by atoms with Crippen molar-refractivity contribution in [1.29, 1.82) is 0 Å². The van der Waals surface area contributed by atoms with Gasteiger partial charge in [0.1, 0.15) is 5.52 Å². The molecule has 164 valence electrons. The third-order valence-corrected chi connectivity index (χ3v) is 8.37. The average molecular weight is 479 g/mol. The van der Waals surface area contributed by atoms with E-state index in [1.54, 1.807) is 41.3 Å². The van der Waals surface area contributed by atoms with Crippen molar-refractivity contribution in [3.8, 4) is 0 Å². The van der Waals surface area contributed by atoms with Crippen molar-refractivity contribution in [3.63, 3.8) is 0 Å². The molecule has 2 aromatic carbocycles. The molecule has 9 heteroatoms. The standard InChI is InChI=1S/C22H23ClN2O4S2/c23-18-10-4-11-19-21(18)24-22(30-19)25(15-16-7-5-13-29-16)20(26)12-6-14-31(27,28)17-8-2-1-3-9-17/h1-4,8-11,16H,5-7,12-15H2. The molecule has 0 radical (unpaired) electrons. The van der Waals surface area contributed by atoms with Crippen LogP contribution in [0.3, 0.4) is 0 Å². The second kappa shape index (κ2) is 9.65. The Hall–Kier alpha value is -2.00. The molecule has 1 aliphatic rings. The Labute approximate surface area is 190 Å². The van der Waals surface area contributed by atoms with Gasteiger partial charge in [0.05, 0.1) is 33.0 Å². The van der Waals surface area contributed by atoms with Crippen LogP contribution < -0.4 is 4.90 Å². The van der Waals surface area contributed by atoms with E-state index in [9.17, 15) is 13.2 Å². The molecule has 1 unspecified atom stereocenters. The van der Waals surface area contributed by atoms with E-state index in [0.29, 0.717) is 28.8 Å². The number of aromatic nitrogens is 1. The normalized spacial score (nSPS) is 16.6. The fourth-order valence-electron chi connectivity index (χ4n) is 3.59. The maximum atomic E-state index is 13.1. The van der Waals surface area contributed by atoms with E-state index in [0.717, 1.165) is 17.5 Å². The number of para-hydroxylation sites is 1. The third-order valence-electron chi connectivity index (χ3n) is 5.21. The zero-order valence-corrected chi connectivity index (χ0v) is 19.3. The molecular weight excluding hydrogens is 456 g/mol. The first kappa shape index (κ1) is 22.2. The molecule has 31 heavy (non-hydrogen) atoms. The Bertz CT molecular complexity index is 1160. The van der Waals surface area contributed by atoms with Crippen molar-refractivity contribution >= 4 is 54.0 Å². The summed E-state index contributed by atoms with van der Waals surface area (Å²) in [5, 5.41) is 1.10. The molecule has 0 saturated carbocycles. The highest BCUT2D eigenvalue weighted by atomic mass is 35.5. The van der Waals surface area contributed by atoms with Gasteiger partial charge < -0.3 is 4.74 Å². The SMILES string of the molecule is O=C(CCCS(=O)(=O)c1ccccc1)N(CC1CCCO1)c1nc2c(Cl)cccc2s1. The highest BCUT2D eigenvalue weighted by Gasteiger charge is 2.26. The van der Waals surface area contributed by atoms with E-state index in [4.69, 9.17) is 16.3 Å². The molecule has 0 N–H and O–H groups in total. The van der Waals surface area contributed by atoms with E-state index in [1.165, 1.54) is 11.3 Å². The van der Waals surface area contributed by atoms with E-state index in [1.807, 2.05) is 12.1 Å². The zero-order valence-electron chi connectivity index (χ0n) is 16.9. The number of ether oxygens (including phenoxy) is 1. The van der Waals surface area contributed by atoms with Crippen LogP contribution in [0.4, 0.5) is 5.13 Å². The summed E-state index contributed by atoms with van der Waals surface area (Å²) in [6.45, 7) is 1.09. The number of anilines is 1. The van der Waals surface area contributed by atoms with Crippen LogP contribution in [0.1, 0.15) is 25.7 Å². The molecule has 1 aromatic heterocycles. The molecule has 1 fully saturated rings. The summed E-state index contributed by atoms with van der Waals surface area (Å²) in [5.74, 6) is -0.240. The van der Waals surface area contributed by atoms with E-state index < -0.39 is 9.84 Å². The summed E-state index contributed by atoms with van der Waals surface area (Å²) >= 11 is 7.67. The maximum Gasteiger partial charge on any atom is 0.228 e. The number of hydrogen-bond donors (Lipinski definition) is 0. The molecule has 1 amide bonds. The molecule has 4 rings (SSSR count). The largest absolute Gasteiger partial charge is 0.376 e. The quantitative estimate of drug-likeness (QED) is 0.468. The number of sulfone groups is 1. The Morgan fingerprint density at radius 3 is 2.71 bits per heavy atom. The van der Waals surface area contributed by atoms with Crippen molar-refractivity contribution < 1.29 is 17.9 Å². The molecular formula is C22H23ClN2O4S2. The van der Waals surface area contributed by atoms with E-state index in [-0.39, 0.29) is 35.5 Å². The summed E-state index contributed by atoms with van der Waals surface area (Å²) in [6, 6.07) is 13.9. The van der Waals surface area contributed by atoms with Crippen LogP contribution in [0.2, 0.25) is 5.02 Å². The lowest BCUT2D eigenvalue weighted by Gasteiger charge is -2.23. The Morgan fingerprint density at radius 2 is 2.00 bits per heavy atom. The summed E-state index contributed by atoms with van der Waals surface area (Å²) in [4.78, 5) is 19.6. The van der Waals surface area contributed by atoms with Crippen LogP contribution in [0.5, 0.6) is 0 Å². The highest BCUT2D eigenvalue weighted by molar-refractivity contribution is 7.91. The lowest BCUT2D eigenvalue weighted by atomic mass is 10.2. The third kappa shape index (κ3) is 5.26. The van der Waals surface area contributed by atoms with Gasteiger partial charge in [-0.05, 0) is 43.5 Å². The van der Waals surface area contributed by atoms with Gasteiger partial charge in [-0.25, -0.2) is 13.4 Å². The van der Waals surface area contributed by atoms with Gasteiger partial charge in [-0.15, -0.1) is 0 Å². The van der Waals surface area contributed by atoms with Gasteiger partial charge in [0, 0.05) is 13.0 Å². The minimum absolute atomic E-state index is 0.0421. The Balaban J connectivity index is 1.49. The first-order valence-electron chi connectivity index (χ1n) is 10.2. The molecule has 2 heterocycles. The number of amides is 1. The van der Waals surface area contributed by atoms with Crippen molar-refractivity contribution in [3.05, 3.63) is 53.6 Å². The highest BCUT2D eigenvalue weighted by Crippen LogP contribution is 2.33. The molecule has 0 aliphatic carbocycles. The molecule has 0 spiro atoms. The monoisotopic (exact) mass is 478 g/mol. The molecule has 1 saturated heterocycles. The van der Waals surface area contributed by atoms with Crippen LogP contribution >= 0.6 is 22.9 Å². The Morgan fingerprint density at radius 1 is 1.19 bits per heavy atom. The van der Waals surface area contributed by atoms with Gasteiger partial charge >= 0.3 is 0 Å². The van der Waals surface area contributed by atoms with Gasteiger partial charge in [0.15, 0.2) is 15.0 Å². The first-order valence-corrected chi connectivity index (χ1v) is 13.0. The van der Waals surface area contributed by atoms with Crippen molar-refractivity contribution in [2.75, 3.05) is 23.8 Å². The topological polar surface area (TPSA) is 76.6 Å². The lowest BCUT2D eigenvalue weighted by Crippen LogP contribution is -2.37. The van der Waals surface area contributed by atoms with Gasteiger partial charge in [-0.2, -0.15) is 0 Å². The first-order chi connectivity index (χ1) is 14.9. The van der Waals surface area contributed by atoms with Gasteiger partial charge in [-0.1, -0.05) is 47.2 Å². The predicted octanol–water partition coefficient (Wildman–Crippen LogP) is 4.72. The van der Waals surface area contributed by atoms with Gasteiger partial charge in [0.2, 0.25) is 5.91 Å². The minimum Gasteiger partial charge on any atom is -0.376 e. The maximum absolute atomic E-state index is 13.1. The van der Waals surface area contributed by atoms with Crippen LogP contribution in [0.25, 0.3) is 10.2 Å². The molecule has 1 atom stereocenters. The van der Waals surface area contributed by atoms with E-state index in [2.05, 4.69) is 4.98 Å². The number of carbonyl (C=O) groups excluding carboxylic acids is 1. The fraction of sp³-hybridized carbons (Fsp3) is 0.364. The molecule has 0 bridgehead atoms. The summed E-state index contributed by atoms with van der Waals surface area (Å²) in [6.07, 6.45) is 2.16. The van der Waals surface area contributed by atoms with Crippen LogP contribution in [0, 0.1) is 0 Å². The summed E-state index contributed by atoms with van der Waals surface area (Å²) in [7, 11) is -3.42. The zero-order chi connectivity index (χ0) is 21.8. The number of carbonyl (C=O) groups is 1. The van der Waals surface area contributed by atoms with E-state index >= 15 is 0 Å². The number of fused-ring (bicyclic) bond motifs is 1. The van der Waals surface area contributed by atoms with Crippen LogP contribution in [-0.2, 0) is 19.4 Å². The molecule has 1 aliphatic heterocycles. The smallest absolute Gasteiger partial charge is 0.228 e. The number of hydrogen-bond acceptors (Lipinski definition) is 6. The van der Waals surface area contributed by atoms with Crippen LogP contribution in [-0.4, -0.2) is 44.3 Å². The molecule has 3 aromatic rings. The fourth-order valence-corrected chi connectivity index (χ4v) is 6.22. The Kier molecular flexibility index (Phi) is 6.91. The lowest BCUT2D eigenvalue weighted by molar-refractivity contribution is -0.119. The van der Waals surface area contributed by atoms with Crippen molar-refractivity contribution in [2.24, 2.45) is 0 Å². The number of rotatable bonds is 8. The second-order valence-corrected chi connectivity index (χ2v) is 11.0. The van der Waals surface area contributed by atoms with Gasteiger partial charge in [-0.3, -0.25) is 9.69 Å². The minimum atomic E-state index is -3.42. The summed E-state index contributed by atoms with van der Waals surface area (Å²) in [5.41, 5.74) is 0.668. The predicted molar refractivity (Wildman–Crippen MR) is 124 cm³/mol. The van der Waals surface area contributed by atoms with Crippen LogP contribution in [0.15, 0.2) is 53.4 Å². The van der Waals surface area contributed by atoms with Gasteiger partial charge in [0.25, 0.3) is 0 Å². The number of thiazole rings is 1. The summed E-state index contributed by atoms with van der Waals surface area (Å²) < 4.78 is 31.7. The number of benzene rings is 2. The number of nitrogens with zero attached hydrogens (tertiary/aromatic N) is 2.